The molecule has 0 spiro atoms. The highest BCUT2D eigenvalue weighted by Crippen LogP contribution is 2.21. The largest absolute Gasteiger partial charge is 0.357 e. The summed E-state index contributed by atoms with van der Waals surface area (Å²) in [4.78, 5) is 13.4. The lowest BCUT2D eigenvalue weighted by molar-refractivity contribution is 0.447. The summed E-state index contributed by atoms with van der Waals surface area (Å²) >= 11 is 0. The molecule has 1 unspecified atom stereocenters. The molecule has 1 aliphatic heterocycles. The van der Waals surface area contributed by atoms with E-state index >= 15 is 0 Å². The van der Waals surface area contributed by atoms with Gasteiger partial charge in [0.2, 0.25) is 0 Å². The molecule has 1 atom stereocenters. The van der Waals surface area contributed by atoms with Crippen LogP contribution in [0, 0.1) is 0 Å². The molecule has 1 aliphatic rings. The maximum absolute atomic E-state index is 4.44. The van der Waals surface area contributed by atoms with Crippen molar-refractivity contribution in [1.29, 1.82) is 0 Å². The zero-order valence-electron chi connectivity index (χ0n) is 12.3. The van der Waals surface area contributed by atoms with E-state index in [2.05, 4.69) is 45.0 Å². The minimum atomic E-state index is 0.570. The lowest BCUT2D eigenvalue weighted by atomic mass is 10.1. The quantitative estimate of drug-likeness (QED) is 0.872. The van der Waals surface area contributed by atoms with E-state index in [1.54, 1.807) is 6.33 Å². The summed E-state index contributed by atoms with van der Waals surface area (Å²) in [6.07, 6.45) is 4.16. The Morgan fingerprint density at radius 1 is 1.37 bits per heavy atom. The fraction of sp³-hybridized carbons (Fsp3) is 0.714. The van der Waals surface area contributed by atoms with Crippen LogP contribution in [0.2, 0.25) is 0 Å². The van der Waals surface area contributed by atoms with Gasteiger partial charge in [0.25, 0.3) is 0 Å². The summed E-state index contributed by atoms with van der Waals surface area (Å²) in [6.45, 7) is 8.39. The van der Waals surface area contributed by atoms with Crippen LogP contribution in [0.15, 0.2) is 12.4 Å². The van der Waals surface area contributed by atoms with Gasteiger partial charge in [0.05, 0.1) is 0 Å². The van der Waals surface area contributed by atoms with E-state index < -0.39 is 0 Å². The summed E-state index contributed by atoms with van der Waals surface area (Å²) in [5, 5.41) is 3.37. The van der Waals surface area contributed by atoms with Crippen molar-refractivity contribution < 1.29 is 0 Å². The van der Waals surface area contributed by atoms with Crippen LogP contribution in [0.5, 0.6) is 0 Å². The van der Waals surface area contributed by atoms with Crippen molar-refractivity contribution in [3.05, 3.63) is 12.4 Å². The minimum Gasteiger partial charge on any atom is -0.357 e. The van der Waals surface area contributed by atoms with Crippen LogP contribution in [0.1, 0.15) is 26.7 Å². The van der Waals surface area contributed by atoms with E-state index in [1.165, 1.54) is 12.8 Å². The molecule has 0 amide bonds. The number of likely N-dealkylation sites (N-methyl/N-ethyl adjacent to an activating group) is 1. The highest BCUT2D eigenvalue weighted by atomic mass is 15.2. The Kier molecular flexibility index (Phi) is 4.96. The van der Waals surface area contributed by atoms with Crippen molar-refractivity contribution in [2.45, 2.75) is 32.7 Å². The zero-order valence-corrected chi connectivity index (χ0v) is 12.3. The highest BCUT2D eigenvalue weighted by molar-refractivity contribution is 5.50. The fourth-order valence-corrected chi connectivity index (χ4v) is 2.65. The van der Waals surface area contributed by atoms with Gasteiger partial charge in [0.1, 0.15) is 18.0 Å². The lowest BCUT2D eigenvalue weighted by Gasteiger charge is -2.33. The predicted octanol–water partition coefficient (Wildman–Crippen LogP) is 1.51. The van der Waals surface area contributed by atoms with E-state index in [1.807, 2.05) is 7.05 Å². The Morgan fingerprint density at radius 3 is 2.84 bits per heavy atom. The predicted molar refractivity (Wildman–Crippen MR) is 79.9 cm³/mol. The average molecular weight is 263 g/mol. The highest BCUT2D eigenvalue weighted by Gasteiger charge is 2.20. The van der Waals surface area contributed by atoms with Gasteiger partial charge in [-0.1, -0.05) is 0 Å². The smallest absolute Gasteiger partial charge is 0.134 e. The summed E-state index contributed by atoms with van der Waals surface area (Å²) in [5.74, 6) is 2.08. The van der Waals surface area contributed by atoms with Crippen molar-refractivity contribution in [2.24, 2.45) is 0 Å². The fourth-order valence-electron chi connectivity index (χ4n) is 2.65. The number of hydrogen-bond donors (Lipinski definition) is 1. The standard InChI is InChI=1S/C14H25N5/c1-4-18(5-2)13-9-14(17-11-16-13)19-8-6-7-12(10-19)15-3/h9,11-12,15H,4-8,10H2,1-3H3. The van der Waals surface area contributed by atoms with Gasteiger partial charge in [-0.3, -0.25) is 0 Å². The molecule has 106 valence electrons. The van der Waals surface area contributed by atoms with Gasteiger partial charge in [-0.2, -0.15) is 0 Å². The van der Waals surface area contributed by atoms with E-state index in [0.717, 1.165) is 37.8 Å². The molecule has 5 nitrogen and oxygen atoms in total. The van der Waals surface area contributed by atoms with Crippen molar-refractivity contribution in [1.82, 2.24) is 15.3 Å². The molecule has 1 saturated heterocycles. The third-order valence-corrected chi connectivity index (χ3v) is 3.88. The summed E-state index contributed by atoms with van der Waals surface area (Å²) in [7, 11) is 2.04. The van der Waals surface area contributed by atoms with Crippen molar-refractivity contribution in [2.75, 3.05) is 43.0 Å². The first kappa shape index (κ1) is 14.1. The van der Waals surface area contributed by atoms with Crippen molar-refractivity contribution in [3.8, 4) is 0 Å². The van der Waals surface area contributed by atoms with Gasteiger partial charge in [-0.05, 0) is 33.7 Å². The number of piperidine rings is 1. The van der Waals surface area contributed by atoms with Crippen LogP contribution in [-0.4, -0.2) is 49.2 Å². The molecule has 1 N–H and O–H groups in total. The third-order valence-electron chi connectivity index (χ3n) is 3.88. The average Bonchev–Trinajstić information content (AvgIpc) is 2.49. The molecule has 2 heterocycles. The lowest BCUT2D eigenvalue weighted by Crippen LogP contribution is -2.44. The molecule has 1 fully saturated rings. The first-order valence-corrected chi connectivity index (χ1v) is 7.27. The van der Waals surface area contributed by atoms with Crippen molar-refractivity contribution in [3.63, 3.8) is 0 Å². The van der Waals surface area contributed by atoms with E-state index in [4.69, 9.17) is 0 Å². The third kappa shape index (κ3) is 3.35. The number of nitrogens with zero attached hydrogens (tertiary/aromatic N) is 4. The van der Waals surface area contributed by atoms with Crippen LogP contribution in [0.4, 0.5) is 11.6 Å². The van der Waals surface area contributed by atoms with Gasteiger partial charge in [-0.15, -0.1) is 0 Å². The molecular formula is C14H25N5. The van der Waals surface area contributed by atoms with Gasteiger partial charge < -0.3 is 15.1 Å². The summed E-state index contributed by atoms with van der Waals surface area (Å²) in [5.41, 5.74) is 0. The minimum absolute atomic E-state index is 0.570. The van der Waals surface area contributed by atoms with Crippen LogP contribution in [0.3, 0.4) is 0 Å². The van der Waals surface area contributed by atoms with Crippen LogP contribution < -0.4 is 15.1 Å². The monoisotopic (exact) mass is 263 g/mol. The Morgan fingerprint density at radius 2 is 2.16 bits per heavy atom. The van der Waals surface area contributed by atoms with E-state index in [9.17, 15) is 0 Å². The first-order chi connectivity index (χ1) is 9.28. The second kappa shape index (κ2) is 6.70. The maximum atomic E-state index is 4.44. The SMILES string of the molecule is CCN(CC)c1cc(N2CCCC(NC)C2)ncn1. The Hall–Kier alpha value is -1.36. The summed E-state index contributed by atoms with van der Waals surface area (Å²) < 4.78 is 0. The molecular weight excluding hydrogens is 238 g/mol. The van der Waals surface area contributed by atoms with Crippen molar-refractivity contribution >= 4 is 11.6 Å². The van der Waals surface area contributed by atoms with E-state index in [0.29, 0.717) is 6.04 Å². The van der Waals surface area contributed by atoms with E-state index in [-0.39, 0.29) is 0 Å². The Labute approximate surface area is 116 Å². The Balaban J connectivity index is 2.13. The molecule has 1 aromatic heterocycles. The first-order valence-electron chi connectivity index (χ1n) is 7.27. The van der Waals surface area contributed by atoms with Gasteiger partial charge in [0.15, 0.2) is 0 Å². The zero-order chi connectivity index (χ0) is 13.7. The topological polar surface area (TPSA) is 44.3 Å². The Bertz CT molecular complexity index is 391. The number of hydrogen-bond acceptors (Lipinski definition) is 5. The molecule has 0 saturated carbocycles. The number of aromatic nitrogens is 2. The van der Waals surface area contributed by atoms with Gasteiger partial charge in [-0.25, -0.2) is 9.97 Å². The van der Waals surface area contributed by atoms with Gasteiger partial charge >= 0.3 is 0 Å². The molecule has 0 aromatic carbocycles. The molecule has 5 heteroatoms. The molecule has 0 bridgehead atoms. The molecule has 0 radical (unpaired) electrons. The van der Waals surface area contributed by atoms with Gasteiger partial charge in [0, 0.05) is 38.3 Å². The second-order valence-electron chi connectivity index (χ2n) is 4.98. The molecule has 1 aromatic rings. The molecule has 0 aliphatic carbocycles. The maximum Gasteiger partial charge on any atom is 0.134 e. The second-order valence-corrected chi connectivity index (χ2v) is 4.98. The number of nitrogens with one attached hydrogen (secondary N) is 1. The van der Waals surface area contributed by atoms with Crippen LogP contribution >= 0.6 is 0 Å². The van der Waals surface area contributed by atoms with Crippen LogP contribution in [-0.2, 0) is 0 Å². The number of rotatable bonds is 5. The number of anilines is 2. The van der Waals surface area contributed by atoms with Crippen LogP contribution in [0.25, 0.3) is 0 Å². The molecule has 2 rings (SSSR count). The molecule has 19 heavy (non-hydrogen) atoms. The summed E-state index contributed by atoms with van der Waals surface area (Å²) in [6, 6.07) is 2.69. The normalized spacial score (nSPS) is 19.5.